The van der Waals surface area contributed by atoms with Crippen LogP contribution in [0.3, 0.4) is 0 Å². The fourth-order valence-corrected chi connectivity index (χ4v) is 3.02. The maximum absolute atomic E-state index is 5.18. The molecule has 0 aliphatic heterocycles. The van der Waals surface area contributed by atoms with Crippen molar-refractivity contribution in [3.63, 3.8) is 0 Å². The molecule has 0 radical (unpaired) electrons. The van der Waals surface area contributed by atoms with E-state index in [0.717, 1.165) is 17.0 Å². The van der Waals surface area contributed by atoms with Crippen LogP contribution in [0.1, 0.15) is 0 Å². The maximum atomic E-state index is 5.18. The molecule has 0 aliphatic rings. The molecule has 0 spiro atoms. The van der Waals surface area contributed by atoms with E-state index in [1.54, 1.807) is 7.11 Å². The summed E-state index contributed by atoms with van der Waals surface area (Å²) < 4.78 is 6.36. The summed E-state index contributed by atoms with van der Waals surface area (Å²) in [6.45, 7) is 0. The molecule has 0 N–H and O–H groups in total. The van der Waals surface area contributed by atoms with E-state index in [1.165, 1.54) is 14.3 Å². The Balaban J connectivity index is 2.16. The average molecular weight is 361 g/mol. The van der Waals surface area contributed by atoms with Gasteiger partial charge in [-0.1, -0.05) is 24.3 Å². The van der Waals surface area contributed by atoms with Crippen LogP contribution in [0.15, 0.2) is 54.7 Å². The Bertz CT molecular complexity index is 722. The van der Waals surface area contributed by atoms with Gasteiger partial charge in [-0.3, -0.25) is 4.98 Å². The van der Waals surface area contributed by atoms with Gasteiger partial charge in [0.2, 0.25) is 0 Å². The quantitative estimate of drug-likeness (QED) is 0.627. The normalized spacial score (nSPS) is 10.6. The van der Waals surface area contributed by atoms with Crippen molar-refractivity contribution in [3.8, 4) is 17.0 Å². The Labute approximate surface area is 125 Å². The Kier molecular flexibility index (Phi) is 3.38. The monoisotopic (exact) mass is 361 g/mol. The molecule has 2 aromatic carbocycles. The van der Waals surface area contributed by atoms with Crippen LogP contribution in [-0.4, -0.2) is 12.1 Å². The van der Waals surface area contributed by atoms with E-state index in [9.17, 15) is 0 Å². The molecule has 0 bridgehead atoms. The molecule has 0 saturated carbocycles. The number of methoxy groups -OCH3 is 1. The number of rotatable bonds is 2. The van der Waals surface area contributed by atoms with Crippen molar-refractivity contribution in [2.75, 3.05) is 7.11 Å². The molecule has 3 rings (SSSR count). The molecule has 0 amide bonds. The number of benzene rings is 2. The van der Waals surface area contributed by atoms with Crippen LogP contribution in [-0.2, 0) is 0 Å². The van der Waals surface area contributed by atoms with E-state index >= 15 is 0 Å². The first-order valence-electron chi connectivity index (χ1n) is 5.97. The first-order chi connectivity index (χ1) is 9.29. The SMILES string of the molecule is COc1ccc(-c2ncc3ccccc3c2I)cc1. The van der Waals surface area contributed by atoms with Crippen molar-refractivity contribution in [2.24, 2.45) is 0 Å². The van der Waals surface area contributed by atoms with Gasteiger partial charge in [-0.15, -0.1) is 0 Å². The molecular weight excluding hydrogens is 349 g/mol. The first-order valence-corrected chi connectivity index (χ1v) is 7.05. The summed E-state index contributed by atoms with van der Waals surface area (Å²) >= 11 is 2.37. The zero-order valence-corrected chi connectivity index (χ0v) is 12.6. The highest BCUT2D eigenvalue weighted by Gasteiger charge is 2.08. The molecule has 94 valence electrons. The highest BCUT2D eigenvalue weighted by molar-refractivity contribution is 14.1. The summed E-state index contributed by atoms with van der Waals surface area (Å²) in [6.07, 6.45) is 1.93. The zero-order chi connectivity index (χ0) is 13.2. The van der Waals surface area contributed by atoms with E-state index in [0.29, 0.717) is 0 Å². The molecule has 1 aromatic heterocycles. The van der Waals surface area contributed by atoms with Crippen molar-refractivity contribution in [1.82, 2.24) is 4.98 Å². The smallest absolute Gasteiger partial charge is 0.118 e. The van der Waals surface area contributed by atoms with Gasteiger partial charge in [0.25, 0.3) is 0 Å². The van der Waals surface area contributed by atoms with Crippen LogP contribution in [0.5, 0.6) is 5.75 Å². The Hall–Kier alpha value is -1.62. The van der Waals surface area contributed by atoms with Crippen LogP contribution in [0.25, 0.3) is 22.0 Å². The van der Waals surface area contributed by atoms with Gasteiger partial charge < -0.3 is 4.74 Å². The summed E-state index contributed by atoms with van der Waals surface area (Å²) in [7, 11) is 1.67. The lowest BCUT2D eigenvalue weighted by Gasteiger charge is -2.08. The predicted octanol–water partition coefficient (Wildman–Crippen LogP) is 4.52. The van der Waals surface area contributed by atoms with Gasteiger partial charge in [-0.25, -0.2) is 0 Å². The first kappa shape index (κ1) is 12.4. The van der Waals surface area contributed by atoms with Gasteiger partial charge in [-0.2, -0.15) is 0 Å². The minimum absolute atomic E-state index is 0.861. The number of halogens is 1. The molecule has 0 fully saturated rings. The third-order valence-electron chi connectivity index (χ3n) is 3.10. The molecule has 2 nitrogen and oxygen atoms in total. The van der Waals surface area contributed by atoms with Gasteiger partial charge in [0.15, 0.2) is 0 Å². The van der Waals surface area contributed by atoms with Crippen LogP contribution >= 0.6 is 22.6 Å². The number of nitrogens with zero attached hydrogens (tertiary/aromatic N) is 1. The van der Waals surface area contributed by atoms with Crippen molar-refractivity contribution in [3.05, 3.63) is 58.3 Å². The van der Waals surface area contributed by atoms with Crippen LogP contribution < -0.4 is 4.74 Å². The average Bonchev–Trinajstić information content (AvgIpc) is 2.48. The summed E-state index contributed by atoms with van der Waals surface area (Å²) in [5.74, 6) is 0.861. The largest absolute Gasteiger partial charge is 0.497 e. The third-order valence-corrected chi connectivity index (χ3v) is 4.19. The minimum atomic E-state index is 0.861. The Morgan fingerprint density at radius 1 is 1.00 bits per heavy atom. The second kappa shape index (κ2) is 5.17. The molecule has 0 unspecified atom stereocenters. The highest BCUT2D eigenvalue weighted by Crippen LogP contribution is 2.30. The molecule has 1 heterocycles. The topological polar surface area (TPSA) is 22.1 Å². The Morgan fingerprint density at radius 2 is 1.74 bits per heavy atom. The van der Waals surface area contributed by atoms with Gasteiger partial charge in [0.05, 0.1) is 12.8 Å². The molecule has 0 saturated heterocycles. The number of ether oxygens (including phenoxy) is 1. The van der Waals surface area contributed by atoms with Crippen molar-refractivity contribution >= 4 is 33.4 Å². The Morgan fingerprint density at radius 3 is 2.47 bits per heavy atom. The number of hydrogen-bond acceptors (Lipinski definition) is 2. The molecular formula is C16H12INO. The second-order valence-corrected chi connectivity index (χ2v) is 5.32. The lowest BCUT2D eigenvalue weighted by atomic mass is 10.1. The standard InChI is InChI=1S/C16H12INO/c1-19-13-8-6-11(7-9-13)16-15(17)14-5-3-2-4-12(14)10-18-16/h2-10H,1H3. The summed E-state index contributed by atoms with van der Waals surface area (Å²) in [6, 6.07) is 16.3. The van der Waals surface area contributed by atoms with Gasteiger partial charge in [0.1, 0.15) is 5.75 Å². The number of pyridine rings is 1. The van der Waals surface area contributed by atoms with Gasteiger partial charge in [0, 0.05) is 20.7 Å². The van der Waals surface area contributed by atoms with Crippen LogP contribution in [0.4, 0.5) is 0 Å². The molecule has 0 atom stereocenters. The molecule has 0 aliphatic carbocycles. The molecule has 3 aromatic rings. The van der Waals surface area contributed by atoms with E-state index in [2.05, 4.69) is 45.8 Å². The van der Waals surface area contributed by atoms with Crippen molar-refractivity contribution in [1.29, 1.82) is 0 Å². The predicted molar refractivity (Wildman–Crippen MR) is 86.4 cm³/mol. The van der Waals surface area contributed by atoms with Gasteiger partial charge >= 0.3 is 0 Å². The van der Waals surface area contributed by atoms with E-state index < -0.39 is 0 Å². The summed E-state index contributed by atoms with van der Waals surface area (Å²) in [5.41, 5.74) is 2.12. The number of aromatic nitrogens is 1. The second-order valence-electron chi connectivity index (χ2n) is 4.24. The van der Waals surface area contributed by atoms with Crippen molar-refractivity contribution < 1.29 is 4.74 Å². The van der Waals surface area contributed by atoms with E-state index in [4.69, 9.17) is 4.74 Å². The summed E-state index contributed by atoms with van der Waals surface area (Å²) in [5, 5.41) is 2.41. The molecule has 3 heteroatoms. The van der Waals surface area contributed by atoms with Crippen LogP contribution in [0.2, 0.25) is 0 Å². The number of fused-ring (bicyclic) bond motifs is 1. The fraction of sp³-hybridized carbons (Fsp3) is 0.0625. The van der Waals surface area contributed by atoms with Gasteiger partial charge in [-0.05, 0) is 52.2 Å². The third kappa shape index (κ3) is 2.30. The van der Waals surface area contributed by atoms with E-state index in [-0.39, 0.29) is 0 Å². The van der Waals surface area contributed by atoms with E-state index in [1.807, 2.05) is 36.5 Å². The van der Waals surface area contributed by atoms with Crippen LogP contribution in [0, 0.1) is 3.57 Å². The highest BCUT2D eigenvalue weighted by atomic mass is 127. The number of hydrogen-bond donors (Lipinski definition) is 0. The van der Waals surface area contributed by atoms with Crippen molar-refractivity contribution in [2.45, 2.75) is 0 Å². The zero-order valence-electron chi connectivity index (χ0n) is 10.4. The minimum Gasteiger partial charge on any atom is -0.497 e. The lowest BCUT2D eigenvalue weighted by molar-refractivity contribution is 0.415. The maximum Gasteiger partial charge on any atom is 0.118 e. The fourth-order valence-electron chi connectivity index (χ4n) is 2.08. The lowest BCUT2D eigenvalue weighted by Crippen LogP contribution is -1.90. The summed E-state index contributed by atoms with van der Waals surface area (Å²) in [4.78, 5) is 4.58. The molecule has 19 heavy (non-hydrogen) atoms.